The van der Waals surface area contributed by atoms with Crippen LogP contribution in [0.4, 0.5) is 8.78 Å². The van der Waals surface area contributed by atoms with Gasteiger partial charge in [-0.1, -0.05) is 17.7 Å². The Balaban J connectivity index is 1.63. The summed E-state index contributed by atoms with van der Waals surface area (Å²) < 4.78 is 45.7. The van der Waals surface area contributed by atoms with Crippen LogP contribution in [0.2, 0.25) is 5.02 Å². The van der Waals surface area contributed by atoms with E-state index >= 15 is 0 Å². The molecule has 1 amide bonds. The quantitative estimate of drug-likeness (QED) is 0.721. The molecule has 0 saturated heterocycles. The molecule has 0 atom stereocenters. The Kier molecular flexibility index (Phi) is 6.98. The zero-order valence-corrected chi connectivity index (χ0v) is 16.4. The normalized spacial score (nSPS) is 13.0. The summed E-state index contributed by atoms with van der Waals surface area (Å²) in [6, 6.07) is 7.82. The summed E-state index contributed by atoms with van der Waals surface area (Å²) in [7, 11) is 1.37. The van der Waals surface area contributed by atoms with Gasteiger partial charge in [0.15, 0.2) is 23.0 Å². The van der Waals surface area contributed by atoms with Gasteiger partial charge < -0.3 is 24.3 Å². The molecular weight excluding hydrogens is 408 g/mol. The number of hydrogen-bond acceptors (Lipinski definition) is 5. The van der Waals surface area contributed by atoms with Crippen molar-refractivity contribution < 1.29 is 32.5 Å². The molecule has 2 aromatic rings. The number of benzene rings is 2. The fourth-order valence-corrected chi connectivity index (χ4v) is 3.11. The number of amides is 1. The number of methoxy groups -OCH3 is 1. The Morgan fingerprint density at radius 1 is 1.21 bits per heavy atom. The second-order valence-electron chi connectivity index (χ2n) is 6.21. The first kappa shape index (κ1) is 21.0. The predicted octanol–water partition coefficient (Wildman–Crippen LogP) is 4.08. The Hall–Kier alpha value is -2.74. The molecule has 0 spiro atoms. The molecule has 0 aliphatic carbocycles. The molecule has 2 aromatic carbocycles. The van der Waals surface area contributed by atoms with Crippen LogP contribution in [-0.4, -0.2) is 39.4 Å². The number of hydrogen-bond donors (Lipinski definition) is 1. The predicted molar refractivity (Wildman–Crippen MR) is 103 cm³/mol. The summed E-state index contributed by atoms with van der Waals surface area (Å²) in [4.78, 5) is 12.5. The summed E-state index contributed by atoms with van der Waals surface area (Å²) in [5.74, 6) is 0.690. The van der Waals surface area contributed by atoms with E-state index in [-0.39, 0.29) is 24.0 Å². The molecule has 6 nitrogen and oxygen atoms in total. The number of halogens is 3. The zero-order chi connectivity index (χ0) is 20.8. The molecule has 1 heterocycles. The first-order chi connectivity index (χ1) is 14.0. The third-order valence-electron chi connectivity index (χ3n) is 4.21. The monoisotopic (exact) mass is 427 g/mol. The van der Waals surface area contributed by atoms with E-state index in [0.717, 1.165) is 6.42 Å². The van der Waals surface area contributed by atoms with Gasteiger partial charge >= 0.3 is 6.61 Å². The molecule has 0 unspecified atom stereocenters. The number of nitrogens with one attached hydrogen (secondary N) is 1. The summed E-state index contributed by atoms with van der Waals surface area (Å²) >= 11 is 6.21. The van der Waals surface area contributed by atoms with Crippen molar-refractivity contribution in [2.24, 2.45) is 0 Å². The van der Waals surface area contributed by atoms with Crippen molar-refractivity contribution >= 4 is 17.5 Å². The maximum Gasteiger partial charge on any atom is 0.387 e. The van der Waals surface area contributed by atoms with Crippen molar-refractivity contribution in [2.75, 3.05) is 26.9 Å². The van der Waals surface area contributed by atoms with Crippen LogP contribution < -0.4 is 24.3 Å². The largest absolute Gasteiger partial charge is 0.493 e. The summed E-state index contributed by atoms with van der Waals surface area (Å²) in [5.41, 5.74) is 1.05. The average molecular weight is 428 g/mol. The second kappa shape index (κ2) is 9.65. The van der Waals surface area contributed by atoms with Crippen molar-refractivity contribution in [3.8, 4) is 23.0 Å². The maximum absolute atomic E-state index is 12.5. The van der Waals surface area contributed by atoms with Gasteiger partial charge in [0.1, 0.15) is 0 Å². The molecule has 1 aliphatic heterocycles. The standard InChI is InChI=1S/C20H20ClF2NO5/c1-26-15-4-3-12(9-16(15)29-20(22)23)5-6-24-19(25)13-10-14(21)18-17(11-13)27-7-2-8-28-18/h3-4,9-11,20H,2,5-8H2,1H3,(H,24,25). The van der Waals surface area contributed by atoms with Gasteiger partial charge in [0, 0.05) is 18.5 Å². The lowest BCUT2D eigenvalue weighted by molar-refractivity contribution is -0.0512. The molecule has 0 saturated carbocycles. The number of ether oxygens (including phenoxy) is 4. The number of carbonyl (C=O) groups excluding carboxylic acids is 1. The maximum atomic E-state index is 12.5. The number of carbonyl (C=O) groups is 1. The van der Waals surface area contributed by atoms with Crippen molar-refractivity contribution in [2.45, 2.75) is 19.5 Å². The van der Waals surface area contributed by atoms with Gasteiger partial charge in [-0.25, -0.2) is 0 Å². The van der Waals surface area contributed by atoms with Crippen molar-refractivity contribution in [1.82, 2.24) is 5.32 Å². The van der Waals surface area contributed by atoms with Crippen LogP contribution in [0.25, 0.3) is 0 Å². The minimum Gasteiger partial charge on any atom is -0.493 e. The zero-order valence-electron chi connectivity index (χ0n) is 15.7. The second-order valence-corrected chi connectivity index (χ2v) is 6.61. The van der Waals surface area contributed by atoms with Gasteiger partial charge in [0.25, 0.3) is 5.91 Å². The van der Waals surface area contributed by atoms with E-state index < -0.39 is 6.61 Å². The van der Waals surface area contributed by atoms with E-state index in [1.54, 1.807) is 18.2 Å². The lowest BCUT2D eigenvalue weighted by Gasteiger charge is -2.13. The van der Waals surface area contributed by atoms with Gasteiger partial charge in [0.05, 0.1) is 25.3 Å². The molecule has 0 bridgehead atoms. The highest BCUT2D eigenvalue weighted by molar-refractivity contribution is 6.32. The third kappa shape index (κ3) is 5.41. The Morgan fingerprint density at radius 3 is 2.76 bits per heavy atom. The highest BCUT2D eigenvalue weighted by Gasteiger charge is 2.18. The van der Waals surface area contributed by atoms with Crippen LogP contribution in [0.3, 0.4) is 0 Å². The van der Waals surface area contributed by atoms with E-state index in [0.29, 0.717) is 47.3 Å². The smallest absolute Gasteiger partial charge is 0.387 e. The Labute approximate surface area is 171 Å². The molecule has 1 aliphatic rings. The van der Waals surface area contributed by atoms with Crippen LogP contribution in [0.1, 0.15) is 22.3 Å². The van der Waals surface area contributed by atoms with E-state index in [1.165, 1.54) is 19.2 Å². The SMILES string of the molecule is COc1ccc(CCNC(=O)c2cc(Cl)c3c(c2)OCCCO3)cc1OC(F)F. The third-order valence-corrected chi connectivity index (χ3v) is 4.49. The van der Waals surface area contributed by atoms with Crippen molar-refractivity contribution in [3.05, 3.63) is 46.5 Å². The molecule has 156 valence electrons. The molecule has 1 N–H and O–H groups in total. The van der Waals surface area contributed by atoms with Crippen molar-refractivity contribution in [1.29, 1.82) is 0 Å². The van der Waals surface area contributed by atoms with Gasteiger partial charge in [0.2, 0.25) is 0 Å². The van der Waals surface area contributed by atoms with Gasteiger partial charge in [-0.2, -0.15) is 8.78 Å². The highest BCUT2D eigenvalue weighted by atomic mass is 35.5. The first-order valence-corrected chi connectivity index (χ1v) is 9.35. The van der Waals surface area contributed by atoms with Gasteiger partial charge in [-0.3, -0.25) is 4.79 Å². The van der Waals surface area contributed by atoms with Crippen LogP contribution >= 0.6 is 11.6 Å². The Morgan fingerprint density at radius 2 is 2.00 bits per heavy atom. The number of alkyl halides is 2. The molecule has 9 heteroatoms. The van der Waals surface area contributed by atoms with E-state index in [1.807, 2.05) is 0 Å². The number of fused-ring (bicyclic) bond motifs is 1. The molecule has 29 heavy (non-hydrogen) atoms. The molecule has 3 rings (SSSR count). The van der Waals surface area contributed by atoms with Gasteiger partial charge in [-0.05, 0) is 36.2 Å². The minimum absolute atomic E-state index is 0.0546. The lowest BCUT2D eigenvalue weighted by Crippen LogP contribution is -2.25. The summed E-state index contributed by atoms with van der Waals surface area (Å²) in [6.45, 7) is -1.69. The topological polar surface area (TPSA) is 66.0 Å². The van der Waals surface area contributed by atoms with E-state index in [4.69, 9.17) is 25.8 Å². The number of rotatable bonds is 7. The average Bonchev–Trinajstić information content (AvgIpc) is 2.93. The lowest BCUT2D eigenvalue weighted by atomic mass is 10.1. The highest BCUT2D eigenvalue weighted by Crippen LogP contribution is 2.38. The van der Waals surface area contributed by atoms with Crippen LogP contribution in [0.5, 0.6) is 23.0 Å². The molecule has 0 fully saturated rings. The van der Waals surface area contributed by atoms with Crippen LogP contribution in [0.15, 0.2) is 30.3 Å². The van der Waals surface area contributed by atoms with Crippen molar-refractivity contribution in [3.63, 3.8) is 0 Å². The summed E-state index contributed by atoms with van der Waals surface area (Å²) in [6.07, 6.45) is 1.14. The van der Waals surface area contributed by atoms with E-state index in [2.05, 4.69) is 10.1 Å². The molecule has 0 radical (unpaired) electrons. The van der Waals surface area contributed by atoms with E-state index in [9.17, 15) is 13.6 Å². The van der Waals surface area contributed by atoms with Crippen LogP contribution in [-0.2, 0) is 6.42 Å². The minimum atomic E-state index is -2.96. The summed E-state index contributed by atoms with van der Waals surface area (Å²) in [5, 5.41) is 3.08. The fraction of sp³-hybridized carbons (Fsp3) is 0.350. The van der Waals surface area contributed by atoms with Gasteiger partial charge in [-0.15, -0.1) is 0 Å². The first-order valence-electron chi connectivity index (χ1n) is 8.97. The molecular formula is C20H20ClF2NO5. The molecule has 0 aromatic heterocycles. The fourth-order valence-electron chi connectivity index (χ4n) is 2.85. The van der Waals surface area contributed by atoms with Crippen LogP contribution in [0, 0.1) is 0 Å². The Bertz CT molecular complexity index is 878.